The van der Waals surface area contributed by atoms with Gasteiger partial charge in [-0.1, -0.05) is 15.9 Å². The first-order valence-corrected chi connectivity index (χ1v) is 8.72. The molecule has 114 valence electrons. The summed E-state index contributed by atoms with van der Waals surface area (Å²) in [6.07, 6.45) is 2.02. The first kappa shape index (κ1) is 17.9. The molecule has 1 heterocycles. The molecule has 1 aliphatic rings. The van der Waals surface area contributed by atoms with Crippen LogP contribution in [0.3, 0.4) is 0 Å². The average molecular weight is 384 g/mol. The van der Waals surface area contributed by atoms with Gasteiger partial charge in [0.05, 0.1) is 4.90 Å². The maximum Gasteiger partial charge on any atom is 0.240 e. The van der Waals surface area contributed by atoms with Crippen molar-refractivity contribution in [3.05, 3.63) is 28.2 Å². The van der Waals surface area contributed by atoms with Gasteiger partial charge in [0.25, 0.3) is 0 Å². The van der Waals surface area contributed by atoms with Crippen molar-refractivity contribution in [3.8, 4) is 0 Å². The first-order valence-electron chi connectivity index (χ1n) is 6.45. The van der Waals surface area contributed by atoms with E-state index in [4.69, 9.17) is 0 Å². The summed E-state index contributed by atoms with van der Waals surface area (Å²) >= 11 is 3.33. The van der Waals surface area contributed by atoms with Gasteiger partial charge >= 0.3 is 0 Å². The number of sulfonamides is 1. The Morgan fingerprint density at radius 3 is 2.75 bits per heavy atom. The zero-order valence-corrected chi connectivity index (χ0v) is 14.6. The van der Waals surface area contributed by atoms with E-state index in [1.165, 1.54) is 0 Å². The van der Waals surface area contributed by atoms with Crippen LogP contribution in [0.15, 0.2) is 27.6 Å². The van der Waals surface area contributed by atoms with E-state index in [1.54, 1.807) is 12.1 Å². The molecular weight excluding hydrogens is 364 g/mol. The average Bonchev–Trinajstić information content (AvgIpc) is 2.80. The van der Waals surface area contributed by atoms with Crippen molar-refractivity contribution in [1.82, 2.24) is 10.0 Å². The van der Waals surface area contributed by atoms with E-state index in [0.717, 1.165) is 36.0 Å². The third kappa shape index (κ3) is 5.00. The van der Waals surface area contributed by atoms with E-state index < -0.39 is 10.0 Å². The molecule has 0 aromatic heterocycles. The molecule has 0 bridgehead atoms. The molecule has 4 nitrogen and oxygen atoms in total. The van der Waals surface area contributed by atoms with Gasteiger partial charge in [0, 0.05) is 11.0 Å². The zero-order valence-electron chi connectivity index (χ0n) is 11.4. The summed E-state index contributed by atoms with van der Waals surface area (Å²) in [4.78, 5) is 0.323. The van der Waals surface area contributed by atoms with E-state index in [0.29, 0.717) is 17.4 Å². The highest BCUT2D eigenvalue weighted by Gasteiger charge is 2.17. The monoisotopic (exact) mass is 382 g/mol. The Bertz CT molecular complexity index is 525. The van der Waals surface area contributed by atoms with Crippen LogP contribution >= 0.6 is 28.3 Å². The van der Waals surface area contributed by atoms with Crippen molar-refractivity contribution in [2.24, 2.45) is 5.92 Å². The molecule has 0 spiro atoms. The standard InChI is InChI=1S/C13H19BrN2O2S.ClH/c1-10-6-12(14)8-13(7-10)19(17,18)16-5-3-11-2-4-15-9-11;/h6-8,11,15-16H,2-5,9H2,1H3;1H. The second kappa shape index (κ2) is 7.75. The lowest BCUT2D eigenvalue weighted by Gasteiger charge is -2.11. The van der Waals surface area contributed by atoms with Crippen molar-refractivity contribution in [2.75, 3.05) is 19.6 Å². The summed E-state index contributed by atoms with van der Waals surface area (Å²) in [5.74, 6) is 0.590. The molecule has 1 aliphatic heterocycles. The molecule has 0 radical (unpaired) electrons. The topological polar surface area (TPSA) is 58.2 Å². The van der Waals surface area contributed by atoms with Crippen LogP contribution < -0.4 is 10.0 Å². The smallest absolute Gasteiger partial charge is 0.240 e. The van der Waals surface area contributed by atoms with E-state index in [-0.39, 0.29) is 12.4 Å². The van der Waals surface area contributed by atoms with E-state index in [2.05, 4.69) is 26.0 Å². The maximum atomic E-state index is 12.2. The van der Waals surface area contributed by atoms with Gasteiger partial charge in [0.2, 0.25) is 10.0 Å². The van der Waals surface area contributed by atoms with Crippen LogP contribution in [0.2, 0.25) is 0 Å². The lowest BCUT2D eigenvalue weighted by Crippen LogP contribution is -2.26. The molecule has 2 N–H and O–H groups in total. The molecule has 1 saturated heterocycles. The van der Waals surface area contributed by atoms with E-state index in [1.807, 2.05) is 13.0 Å². The minimum Gasteiger partial charge on any atom is -0.316 e. The second-order valence-corrected chi connectivity index (χ2v) is 7.69. The van der Waals surface area contributed by atoms with Gasteiger partial charge in [-0.05, 0) is 62.5 Å². The Morgan fingerprint density at radius 1 is 1.40 bits per heavy atom. The van der Waals surface area contributed by atoms with Crippen LogP contribution in [0.1, 0.15) is 18.4 Å². The molecular formula is C13H20BrClN2O2S. The molecule has 7 heteroatoms. The van der Waals surface area contributed by atoms with Crippen molar-refractivity contribution in [2.45, 2.75) is 24.7 Å². The van der Waals surface area contributed by atoms with Gasteiger partial charge in [-0.15, -0.1) is 12.4 Å². The highest BCUT2D eigenvalue weighted by molar-refractivity contribution is 9.10. The predicted octanol–water partition coefficient (Wildman–Crippen LogP) is 2.46. The van der Waals surface area contributed by atoms with Crippen molar-refractivity contribution >= 4 is 38.4 Å². The molecule has 2 rings (SSSR count). The summed E-state index contributed by atoms with van der Waals surface area (Å²) in [6.45, 7) is 4.42. The fraction of sp³-hybridized carbons (Fsp3) is 0.538. The number of benzene rings is 1. The Balaban J connectivity index is 0.00000200. The Kier molecular flexibility index (Phi) is 6.94. The molecule has 1 aromatic rings. The molecule has 20 heavy (non-hydrogen) atoms. The summed E-state index contributed by atoms with van der Waals surface area (Å²) < 4.78 is 27.8. The number of aryl methyl sites for hydroxylation is 1. The highest BCUT2D eigenvalue weighted by Crippen LogP contribution is 2.19. The molecule has 1 aromatic carbocycles. The molecule has 1 atom stereocenters. The largest absolute Gasteiger partial charge is 0.316 e. The van der Waals surface area contributed by atoms with Crippen molar-refractivity contribution in [1.29, 1.82) is 0 Å². The first-order chi connectivity index (χ1) is 8.97. The van der Waals surface area contributed by atoms with Gasteiger partial charge in [0.1, 0.15) is 0 Å². The lowest BCUT2D eigenvalue weighted by molar-refractivity contribution is 0.519. The fourth-order valence-corrected chi connectivity index (χ4v) is 4.24. The second-order valence-electron chi connectivity index (χ2n) is 5.01. The Hall–Kier alpha value is -0.140. The molecule has 0 amide bonds. The Morgan fingerprint density at radius 2 is 2.15 bits per heavy atom. The number of rotatable bonds is 5. The molecule has 1 unspecified atom stereocenters. The number of nitrogens with one attached hydrogen (secondary N) is 2. The van der Waals surface area contributed by atoms with Gasteiger partial charge in [-0.3, -0.25) is 0 Å². The van der Waals surface area contributed by atoms with Gasteiger partial charge in [0.15, 0.2) is 0 Å². The number of hydrogen-bond donors (Lipinski definition) is 2. The Labute approximate surface area is 135 Å². The zero-order chi connectivity index (χ0) is 13.9. The third-order valence-corrected chi connectivity index (χ3v) is 5.23. The quantitative estimate of drug-likeness (QED) is 0.821. The van der Waals surface area contributed by atoms with Crippen LogP contribution in [0.4, 0.5) is 0 Å². The highest BCUT2D eigenvalue weighted by atomic mass is 79.9. The van der Waals surface area contributed by atoms with Crippen LogP contribution in [0, 0.1) is 12.8 Å². The summed E-state index contributed by atoms with van der Waals surface area (Å²) in [7, 11) is -3.40. The molecule has 0 saturated carbocycles. The minimum atomic E-state index is -3.40. The number of halogens is 2. The van der Waals surface area contributed by atoms with Gasteiger partial charge < -0.3 is 5.32 Å². The SMILES string of the molecule is Cc1cc(Br)cc(S(=O)(=O)NCCC2CCNC2)c1.Cl. The van der Waals surface area contributed by atoms with Crippen LogP contribution in [0.25, 0.3) is 0 Å². The number of hydrogen-bond acceptors (Lipinski definition) is 3. The molecule has 0 aliphatic carbocycles. The maximum absolute atomic E-state index is 12.2. The summed E-state index contributed by atoms with van der Waals surface area (Å²) in [5.41, 5.74) is 0.926. The lowest BCUT2D eigenvalue weighted by atomic mass is 10.1. The van der Waals surface area contributed by atoms with Crippen LogP contribution in [-0.4, -0.2) is 28.1 Å². The van der Waals surface area contributed by atoms with Crippen LogP contribution in [-0.2, 0) is 10.0 Å². The summed E-state index contributed by atoms with van der Waals surface area (Å²) in [5, 5.41) is 3.28. The van der Waals surface area contributed by atoms with Crippen molar-refractivity contribution < 1.29 is 8.42 Å². The normalized spacial score (nSPS) is 18.8. The third-order valence-electron chi connectivity index (χ3n) is 3.33. The van der Waals surface area contributed by atoms with Crippen LogP contribution in [0.5, 0.6) is 0 Å². The predicted molar refractivity (Wildman–Crippen MR) is 86.9 cm³/mol. The fourth-order valence-electron chi connectivity index (χ4n) is 2.30. The van der Waals surface area contributed by atoms with Gasteiger partial charge in [-0.25, -0.2) is 13.1 Å². The van der Waals surface area contributed by atoms with Crippen molar-refractivity contribution in [3.63, 3.8) is 0 Å². The minimum absolute atomic E-state index is 0. The summed E-state index contributed by atoms with van der Waals surface area (Å²) in [6, 6.07) is 5.21. The molecule has 1 fully saturated rings. The van der Waals surface area contributed by atoms with Gasteiger partial charge in [-0.2, -0.15) is 0 Å². The van der Waals surface area contributed by atoms with E-state index in [9.17, 15) is 8.42 Å². The van der Waals surface area contributed by atoms with E-state index >= 15 is 0 Å².